The van der Waals surface area contributed by atoms with Crippen LogP contribution in [-0.2, 0) is 0 Å². The molecule has 0 radical (unpaired) electrons. The maximum atomic E-state index is 2.28. The Labute approximate surface area is 99.5 Å². The largest absolute Gasteiger partial charge is 0.124 e. The van der Waals surface area contributed by atoms with Gasteiger partial charge in [0, 0.05) is 5.92 Å². The molecule has 82 valence electrons. The summed E-state index contributed by atoms with van der Waals surface area (Å²) >= 11 is 0. The fourth-order valence-electron chi connectivity index (χ4n) is 2.00. The van der Waals surface area contributed by atoms with E-state index in [0.29, 0.717) is 5.92 Å². The summed E-state index contributed by atoms with van der Waals surface area (Å²) in [7, 11) is 0.989. The van der Waals surface area contributed by atoms with Gasteiger partial charge in [0.25, 0.3) is 0 Å². The zero-order chi connectivity index (χ0) is 11.2. The molecule has 0 aliphatic rings. The number of hydrogen-bond donors (Lipinski definition) is 0. The normalized spacial score (nSPS) is 11.4. The molecule has 2 rings (SSSR count). The first kappa shape index (κ1) is 11.4. The molecule has 2 aromatic rings. The van der Waals surface area contributed by atoms with E-state index in [1.54, 1.807) is 0 Å². The van der Waals surface area contributed by atoms with Gasteiger partial charge in [-0.3, -0.25) is 0 Å². The molecule has 1 atom stereocenters. The molecular formula is C15H17P. The maximum absolute atomic E-state index is 2.28. The van der Waals surface area contributed by atoms with E-state index in [4.69, 9.17) is 0 Å². The Balaban J connectivity index is 2.31. The van der Waals surface area contributed by atoms with Gasteiger partial charge >= 0.3 is 0 Å². The molecule has 2 aromatic carbocycles. The average molecular weight is 228 g/mol. The van der Waals surface area contributed by atoms with E-state index < -0.39 is 0 Å². The van der Waals surface area contributed by atoms with Crippen molar-refractivity contribution in [3.63, 3.8) is 0 Å². The fourth-order valence-corrected chi connectivity index (χ4v) is 2.88. The van der Waals surface area contributed by atoms with E-state index in [1.165, 1.54) is 17.3 Å². The third-order valence-electron chi connectivity index (χ3n) is 2.81. The first-order valence-electron chi connectivity index (χ1n) is 5.66. The van der Waals surface area contributed by atoms with Crippen molar-refractivity contribution in [3.05, 3.63) is 71.8 Å². The summed E-state index contributed by atoms with van der Waals surface area (Å²) in [5, 5.41) is 0. The van der Waals surface area contributed by atoms with Gasteiger partial charge in [0.15, 0.2) is 0 Å². The van der Waals surface area contributed by atoms with Gasteiger partial charge in [0.05, 0.1) is 0 Å². The van der Waals surface area contributed by atoms with Crippen molar-refractivity contribution in [3.8, 4) is 0 Å². The van der Waals surface area contributed by atoms with Gasteiger partial charge in [0.2, 0.25) is 0 Å². The number of rotatable bonds is 4. The third-order valence-corrected chi connectivity index (χ3v) is 3.63. The van der Waals surface area contributed by atoms with Crippen LogP contribution >= 0.6 is 8.58 Å². The first-order valence-corrected chi connectivity index (χ1v) is 7.37. The van der Waals surface area contributed by atoms with E-state index >= 15 is 0 Å². The van der Waals surface area contributed by atoms with Crippen LogP contribution in [0.1, 0.15) is 17.0 Å². The van der Waals surface area contributed by atoms with Gasteiger partial charge in [-0.05, 0) is 24.0 Å². The lowest BCUT2D eigenvalue weighted by molar-refractivity contribution is 0.934. The Kier molecular flexibility index (Phi) is 4.13. The van der Waals surface area contributed by atoms with E-state index in [2.05, 4.69) is 67.3 Å². The highest BCUT2D eigenvalue weighted by Crippen LogP contribution is 2.29. The molecule has 0 saturated carbocycles. The molecule has 1 unspecified atom stereocenters. The van der Waals surface area contributed by atoms with Gasteiger partial charge in [0.1, 0.15) is 0 Å². The average Bonchev–Trinajstić information content (AvgIpc) is 2.38. The quantitative estimate of drug-likeness (QED) is 0.690. The van der Waals surface area contributed by atoms with E-state index in [1.807, 2.05) is 0 Å². The number of benzene rings is 2. The minimum atomic E-state index is 0.561. The lowest BCUT2D eigenvalue weighted by Crippen LogP contribution is -2.02. The van der Waals surface area contributed by atoms with Crippen molar-refractivity contribution in [2.24, 2.45) is 0 Å². The first-order chi connectivity index (χ1) is 7.92. The topological polar surface area (TPSA) is 0 Å². The molecule has 0 aromatic heterocycles. The van der Waals surface area contributed by atoms with E-state index in [-0.39, 0.29) is 0 Å². The van der Waals surface area contributed by atoms with Gasteiger partial charge in [-0.15, -0.1) is 8.58 Å². The molecule has 0 saturated heterocycles. The summed E-state index contributed by atoms with van der Waals surface area (Å²) in [5.41, 5.74) is 2.87. The van der Waals surface area contributed by atoms with Crippen molar-refractivity contribution >= 4 is 8.58 Å². The Morgan fingerprint density at radius 1 is 0.812 bits per heavy atom. The molecule has 0 spiro atoms. The molecule has 16 heavy (non-hydrogen) atoms. The number of hydrogen-bond acceptors (Lipinski definition) is 0. The van der Waals surface area contributed by atoms with Gasteiger partial charge < -0.3 is 0 Å². The van der Waals surface area contributed by atoms with Crippen LogP contribution in [0.2, 0.25) is 0 Å². The molecule has 0 aliphatic heterocycles. The molecule has 0 fully saturated rings. The smallest absolute Gasteiger partial charge is 0.0126 e. The lowest BCUT2D eigenvalue weighted by Gasteiger charge is -2.17. The van der Waals surface area contributed by atoms with Gasteiger partial charge in [-0.1, -0.05) is 60.7 Å². The van der Waals surface area contributed by atoms with Crippen molar-refractivity contribution in [2.45, 2.75) is 5.92 Å². The minimum absolute atomic E-state index is 0.561. The predicted molar refractivity (Wildman–Crippen MR) is 73.8 cm³/mol. The Bertz CT molecular complexity index is 368. The third kappa shape index (κ3) is 2.71. The van der Waals surface area contributed by atoms with Crippen LogP contribution in [0.5, 0.6) is 0 Å². The second kappa shape index (κ2) is 5.82. The van der Waals surface area contributed by atoms with Gasteiger partial charge in [-0.25, -0.2) is 0 Å². The van der Waals surface area contributed by atoms with Crippen LogP contribution in [-0.4, -0.2) is 12.8 Å². The summed E-state index contributed by atoms with van der Waals surface area (Å²) in [6.45, 7) is 2.28. The van der Waals surface area contributed by atoms with Gasteiger partial charge in [-0.2, -0.15) is 0 Å². The van der Waals surface area contributed by atoms with Crippen LogP contribution in [0.4, 0.5) is 0 Å². The summed E-state index contributed by atoms with van der Waals surface area (Å²) in [6.07, 6.45) is 1.24. The zero-order valence-electron chi connectivity index (χ0n) is 9.56. The molecule has 0 amide bonds. The highest BCUT2D eigenvalue weighted by atomic mass is 31.1. The Morgan fingerprint density at radius 3 is 1.62 bits per heavy atom. The second-order valence-electron chi connectivity index (χ2n) is 3.93. The Hall–Kier alpha value is -1.13. The summed E-state index contributed by atoms with van der Waals surface area (Å²) in [6, 6.07) is 21.6. The van der Waals surface area contributed by atoms with Crippen LogP contribution in [0.15, 0.2) is 60.7 Å². The molecule has 0 N–H and O–H groups in total. The lowest BCUT2D eigenvalue weighted by atomic mass is 9.93. The highest BCUT2D eigenvalue weighted by Gasteiger charge is 2.11. The molecule has 0 heterocycles. The second-order valence-corrected chi connectivity index (χ2v) is 5.05. The standard InChI is InChI=1S/C15H17P/c1-16-12-15(13-8-4-2-5-9-13)14-10-6-3-7-11-14/h2-11,15-16H,12H2,1H3. The minimum Gasteiger partial charge on any atom is -0.124 e. The monoisotopic (exact) mass is 228 g/mol. The van der Waals surface area contributed by atoms with Crippen LogP contribution in [0.3, 0.4) is 0 Å². The molecule has 0 bridgehead atoms. The van der Waals surface area contributed by atoms with Crippen molar-refractivity contribution in [2.75, 3.05) is 12.8 Å². The summed E-state index contributed by atoms with van der Waals surface area (Å²) in [5.74, 6) is 0.561. The van der Waals surface area contributed by atoms with Crippen molar-refractivity contribution in [1.82, 2.24) is 0 Å². The molecule has 1 heteroatoms. The zero-order valence-corrected chi connectivity index (χ0v) is 10.6. The van der Waals surface area contributed by atoms with Crippen LogP contribution in [0, 0.1) is 0 Å². The SMILES string of the molecule is CPCC(c1ccccc1)c1ccccc1. The Morgan fingerprint density at radius 2 is 1.25 bits per heavy atom. The molecule has 0 aliphatic carbocycles. The van der Waals surface area contributed by atoms with Crippen molar-refractivity contribution in [1.29, 1.82) is 0 Å². The maximum Gasteiger partial charge on any atom is 0.0126 e. The van der Waals surface area contributed by atoms with E-state index in [9.17, 15) is 0 Å². The molecular weight excluding hydrogens is 211 g/mol. The summed E-state index contributed by atoms with van der Waals surface area (Å²) < 4.78 is 0. The van der Waals surface area contributed by atoms with E-state index in [0.717, 1.165) is 8.58 Å². The fraction of sp³-hybridized carbons (Fsp3) is 0.200. The molecule has 0 nitrogen and oxygen atoms in total. The highest BCUT2D eigenvalue weighted by molar-refractivity contribution is 7.37. The predicted octanol–water partition coefficient (Wildman–Crippen LogP) is 4.13. The van der Waals surface area contributed by atoms with Crippen LogP contribution < -0.4 is 0 Å². The van der Waals surface area contributed by atoms with Crippen LogP contribution in [0.25, 0.3) is 0 Å². The summed E-state index contributed by atoms with van der Waals surface area (Å²) in [4.78, 5) is 0. The van der Waals surface area contributed by atoms with Crippen molar-refractivity contribution < 1.29 is 0 Å².